The van der Waals surface area contributed by atoms with Crippen LogP contribution in [0.2, 0.25) is 0 Å². The number of Topliss-reactive ketones (excluding diaryl/α,β-unsaturated/α-hetero) is 2. The van der Waals surface area contributed by atoms with E-state index in [1.807, 2.05) is 30.3 Å². The Morgan fingerprint density at radius 1 is 1.22 bits per heavy atom. The van der Waals surface area contributed by atoms with Gasteiger partial charge in [0.2, 0.25) is 0 Å². The highest BCUT2D eigenvalue weighted by Gasteiger charge is 2.19. The lowest BCUT2D eigenvalue weighted by Gasteiger charge is -2.20. The summed E-state index contributed by atoms with van der Waals surface area (Å²) >= 11 is 0. The summed E-state index contributed by atoms with van der Waals surface area (Å²) in [7, 11) is 0. The van der Waals surface area contributed by atoms with Crippen LogP contribution in [0.25, 0.3) is 0 Å². The van der Waals surface area contributed by atoms with Gasteiger partial charge in [-0.05, 0) is 31.6 Å². The molecule has 1 aromatic rings. The zero-order chi connectivity index (χ0) is 12.8. The number of hydrogen-bond acceptors (Lipinski definition) is 2. The van der Waals surface area contributed by atoms with Crippen LogP contribution < -0.4 is 0 Å². The molecule has 96 valence electrons. The van der Waals surface area contributed by atoms with Crippen LogP contribution in [-0.4, -0.2) is 11.6 Å². The number of carbonyl (C=O) groups excluding carboxylic acids is 2. The minimum atomic E-state index is 0.220. The van der Waals surface area contributed by atoms with Crippen LogP contribution in [0.5, 0.6) is 0 Å². The molecule has 0 amide bonds. The first-order valence-electron chi connectivity index (χ1n) is 6.85. The molecule has 0 aromatic heterocycles. The molecule has 1 unspecified atom stereocenters. The quantitative estimate of drug-likeness (QED) is 0.738. The number of hydrogen-bond donors (Lipinski definition) is 0. The van der Waals surface area contributed by atoms with E-state index in [9.17, 15) is 9.59 Å². The van der Waals surface area contributed by atoms with Gasteiger partial charge in [0.15, 0.2) is 5.78 Å². The topological polar surface area (TPSA) is 34.1 Å². The Morgan fingerprint density at radius 3 is 2.72 bits per heavy atom. The minimum absolute atomic E-state index is 0.220. The van der Waals surface area contributed by atoms with Gasteiger partial charge in [0.25, 0.3) is 0 Å². The minimum Gasteiger partial charge on any atom is -0.300 e. The Bertz CT molecular complexity index is 408. The van der Waals surface area contributed by atoms with Crippen molar-refractivity contribution in [2.24, 2.45) is 5.92 Å². The number of ketones is 2. The second-order valence-electron chi connectivity index (χ2n) is 5.18. The van der Waals surface area contributed by atoms with E-state index in [-0.39, 0.29) is 5.78 Å². The van der Waals surface area contributed by atoms with Crippen LogP contribution in [-0.2, 0) is 4.79 Å². The van der Waals surface area contributed by atoms with Gasteiger partial charge >= 0.3 is 0 Å². The summed E-state index contributed by atoms with van der Waals surface area (Å²) in [6, 6.07) is 9.45. The van der Waals surface area contributed by atoms with Crippen LogP contribution in [0.15, 0.2) is 30.3 Å². The fourth-order valence-electron chi connectivity index (χ4n) is 2.68. The molecule has 1 saturated carbocycles. The van der Waals surface area contributed by atoms with Crippen LogP contribution in [0.4, 0.5) is 0 Å². The summed E-state index contributed by atoms with van der Waals surface area (Å²) in [6.07, 6.45) is 6.23. The van der Waals surface area contributed by atoms with Crippen molar-refractivity contribution in [3.05, 3.63) is 35.9 Å². The molecule has 1 aliphatic carbocycles. The fourth-order valence-corrected chi connectivity index (χ4v) is 2.68. The molecule has 2 rings (SSSR count). The van der Waals surface area contributed by atoms with Gasteiger partial charge in [0.1, 0.15) is 5.78 Å². The van der Waals surface area contributed by atoms with Gasteiger partial charge in [-0.3, -0.25) is 9.59 Å². The predicted molar refractivity (Wildman–Crippen MR) is 71.6 cm³/mol. The van der Waals surface area contributed by atoms with Crippen molar-refractivity contribution in [3.63, 3.8) is 0 Å². The van der Waals surface area contributed by atoms with Crippen molar-refractivity contribution in [1.82, 2.24) is 0 Å². The number of benzene rings is 1. The van der Waals surface area contributed by atoms with Crippen LogP contribution >= 0.6 is 0 Å². The van der Waals surface area contributed by atoms with Gasteiger partial charge in [-0.25, -0.2) is 0 Å². The van der Waals surface area contributed by atoms with E-state index in [4.69, 9.17) is 0 Å². The molecule has 1 fully saturated rings. The zero-order valence-corrected chi connectivity index (χ0v) is 10.7. The fraction of sp³-hybridized carbons (Fsp3) is 0.500. The molecule has 0 N–H and O–H groups in total. The molecular formula is C16H20O2. The highest BCUT2D eigenvalue weighted by atomic mass is 16.1. The molecule has 0 radical (unpaired) electrons. The van der Waals surface area contributed by atoms with Crippen LogP contribution in [0.3, 0.4) is 0 Å². The third-order valence-corrected chi connectivity index (χ3v) is 3.70. The zero-order valence-electron chi connectivity index (χ0n) is 10.7. The lowest BCUT2D eigenvalue weighted by molar-refractivity contribution is -0.121. The van der Waals surface area contributed by atoms with Gasteiger partial charge in [-0.1, -0.05) is 30.3 Å². The number of rotatable bonds is 5. The Balaban J connectivity index is 1.72. The Kier molecular flexibility index (Phi) is 4.68. The molecule has 1 aliphatic rings. The maximum absolute atomic E-state index is 11.9. The standard InChI is InChI=1S/C16H20O2/c17-15-10-4-6-13(12-15)7-5-11-16(18)14-8-2-1-3-9-14/h1-3,8-9,13H,4-7,10-12H2. The monoisotopic (exact) mass is 244 g/mol. The third kappa shape index (κ3) is 3.80. The molecule has 0 aliphatic heterocycles. The second kappa shape index (κ2) is 6.48. The van der Waals surface area contributed by atoms with Gasteiger partial charge in [0.05, 0.1) is 0 Å². The molecule has 0 saturated heterocycles. The predicted octanol–water partition coefficient (Wildman–Crippen LogP) is 3.80. The van der Waals surface area contributed by atoms with E-state index in [1.54, 1.807) is 0 Å². The largest absolute Gasteiger partial charge is 0.300 e. The molecule has 0 bridgehead atoms. The normalized spacial score (nSPS) is 19.8. The lowest BCUT2D eigenvalue weighted by Crippen LogP contribution is -2.15. The Hall–Kier alpha value is -1.44. The van der Waals surface area contributed by atoms with Gasteiger partial charge in [-0.15, -0.1) is 0 Å². The van der Waals surface area contributed by atoms with E-state index in [2.05, 4.69) is 0 Å². The van der Waals surface area contributed by atoms with Crippen LogP contribution in [0, 0.1) is 5.92 Å². The maximum atomic E-state index is 11.9. The van der Waals surface area contributed by atoms with E-state index in [0.29, 0.717) is 18.1 Å². The highest BCUT2D eigenvalue weighted by molar-refractivity contribution is 5.95. The molecular weight excluding hydrogens is 224 g/mol. The maximum Gasteiger partial charge on any atom is 0.162 e. The summed E-state index contributed by atoms with van der Waals surface area (Å²) in [5, 5.41) is 0. The Labute approximate surface area is 108 Å². The second-order valence-corrected chi connectivity index (χ2v) is 5.18. The molecule has 1 aromatic carbocycles. The lowest BCUT2D eigenvalue weighted by atomic mass is 9.84. The van der Waals surface area contributed by atoms with Crippen molar-refractivity contribution in [2.45, 2.75) is 44.9 Å². The average molecular weight is 244 g/mol. The molecule has 2 heteroatoms. The molecule has 2 nitrogen and oxygen atoms in total. The van der Waals surface area contributed by atoms with E-state index in [1.165, 1.54) is 0 Å². The van der Waals surface area contributed by atoms with E-state index in [0.717, 1.165) is 44.1 Å². The first-order chi connectivity index (χ1) is 8.75. The van der Waals surface area contributed by atoms with Crippen molar-refractivity contribution in [1.29, 1.82) is 0 Å². The average Bonchev–Trinajstić information content (AvgIpc) is 2.40. The first kappa shape index (κ1) is 13.0. The van der Waals surface area contributed by atoms with E-state index < -0.39 is 0 Å². The summed E-state index contributed by atoms with van der Waals surface area (Å²) in [5.41, 5.74) is 0.803. The highest BCUT2D eigenvalue weighted by Crippen LogP contribution is 2.26. The van der Waals surface area contributed by atoms with Crippen molar-refractivity contribution >= 4 is 11.6 Å². The van der Waals surface area contributed by atoms with Gasteiger partial charge in [0, 0.05) is 24.8 Å². The summed E-state index contributed by atoms with van der Waals surface area (Å²) in [5.74, 6) is 1.15. The number of carbonyl (C=O) groups is 2. The summed E-state index contributed by atoms with van der Waals surface area (Å²) < 4.78 is 0. The third-order valence-electron chi connectivity index (χ3n) is 3.70. The summed E-state index contributed by atoms with van der Waals surface area (Å²) in [6.45, 7) is 0. The SMILES string of the molecule is O=C1CCCC(CCCC(=O)c2ccccc2)C1. The first-order valence-corrected chi connectivity index (χ1v) is 6.85. The van der Waals surface area contributed by atoms with Gasteiger partial charge < -0.3 is 0 Å². The van der Waals surface area contributed by atoms with Crippen LogP contribution in [0.1, 0.15) is 55.3 Å². The van der Waals surface area contributed by atoms with Crippen molar-refractivity contribution in [2.75, 3.05) is 0 Å². The Morgan fingerprint density at radius 2 is 2.00 bits per heavy atom. The molecule has 0 heterocycles. The van der Waals surface area contributed by atoms with Crippen molar-refractivity contribution < 1.29 is 9.59 Å². The smallest absolute Gasteiger partial charge is 0.162 e. The molecule has 18 heavy (non-hydrogen) atoms. The summed E-state index contributed by atoms with van der Waals surface area (Å²) in [4.78, 5) is 23.2. The van der Waals surface area contributed by atoms with Crippen molar-refractivity contribution in [3.8, 4) is 0 Å². The molecule has 1 atom stereocenters. The van der Waals surface area contributed by atoms with E-state index >= 15 is 0 Å². The van der Waals surface area contributed by atoms with Gasteiger partial charge in [-0.2, -0.15) is 0 Å². The molecule has 0 spiro atoms.